The van der Waals surface area contributed by atoms with Crippen LogP contribution in [0.5, 0.6) is 0 Å². The summed E-state index contributed by atoms with van der Waals surface area (Å²) < 4.78 is 44.7. The number of sulfonamides is 1. The van der Waals surface area contributed by atoms with Crippen molar-refractivity contribution in [1.29, 1.82) is 0 Å². The Morgan fingerprint density at radius 3 is 2.27 bits per heavy atom. The molecule has 0 saturated heterocycles. The van der Waals surface area contributed by atoms with Crippen LogP contribution in [0.15, 0.2) is 57.8 Å². The summed E-state index contributed by atoms with van der Waals surface area (Å²) in [7, 11) is -3.59. The second kappa shape index (κ2) is 9.14. The van der Waals surface area contributed by atoms with Gasteiger partial charge in [0.1, 0.15) is 5.82 Å². The normalized spacial score (nSPS) is 11.6. The first-order valence-electron chi connectivity index (χ1n) is 9.32. The van der Waals surface area contributed by atoms with Crippen molar-refractivity contribution in [2.24, 2.45) is 0 Å². The number of carbonyl (C=O) groups is 1. The maximum atomic E-state index is 13.0. The van der Waals surface area contributed by atoms with Crippen molar-refractivity contribution >= 4 is 21.9 Å². The van der Waals surface area contributed by atoms with E-state index in [4.69, 9.17) is 4.42 Å². The maximum absolute atomic E-state index is 13.0. The third-order valence-electron chi connectivity index (χ3n) is 4.42. The average molecular weight is 432 g/mol. The molecular formula is C20H21FN4O4S. The number of hydrogen-bond donors (Lipinski definition) is 1. The van der Waals surface area contributed by atoms with Gasteiger partial charge in [-0.1, -0.05) is 31.1 Å². The van der Waals surface area contributed by atoms with Crippen LogP contribution in [0.1, 0.15) is 35.7 Å². The lowest BCUT2D eigenvalue weighted by atomic mass is 10.1. The molecule has 3 rings (SSSR count). The second-order valence-electron chi connectivity index (χ2n) is 6.37. The zero-order chi connectivity index (χ0) is 21.7. The lowest BCUT2D eigenvalue weighted by Crippen LogP contribution is -2.30. The molecule has 0 aliphatic heterocycles. The molecule has 1 N–H and O–H groups in total. The first-order valence-corrected chi connectivity index (χ1v) is 10.8. The molecule has 158 valence electrons. The smallest absolute Gasteiger partial charge is 0.322 e. The van der Waals surface area contributed by atoms with E-state index in [0.29, 0.717) is 19.5 Å². The van der Waals surface area contributed by atoms with Gasteiger partial charge in [0.15, 0.2) is 0 Å². The number of hydrogen-bond acceptors (Lipinski definition) is 6. The number of nitrogens with zero attached hydrogens (tertiary/aromatic N) is 3. The van der Waals surface area contributed by atoms with Crippen molar-refractivity contribution in [2.75, 3.05) is 18.4 Å². The Morgan fingerprint density at radius 2 is 1.67 bits per heavy atom. The van der Waals surface area contributed by atoms with Gasteiger partial charge in [-0.3, -0.25) is 10.1 Å². The van der Waals surface area contributed by atoms with Gasteiger partial charge in [0.2, 0.25) is 15.9 Å². The molecule has 30 heavy (non-hydrogen) atoms. The van der Waals surface area contributed by atoms with Gasteiger partial charge in [0, 0.05) is 18.7 Å². The van der Waals surface area contributed by atoms with Gasteiger partial charge in [0.25, 0.3) is 5.91 Å². The van der Waals surface area contributed by atoms with Crippen molar-refractivity contribution in [3.8, 4) is 0 Å². The molecule has 8 nitrogen and oxygen atoms in total. The van der Waals surface area contributed by atoms with E-state index in [0.717, 1.165) is 5.56 Å². The first kappa shape index (κ1) is 21.6. The number of amides is 1. The number of benzene rings is 2. The van der Waals surface area contributed by atoms with E-state index in [1.165, 1.54) is 40.7 Å². The van der Waals surface area contributed by atoms with Crippen LogP contribution in [0.3, 0.4) is 0 Å². The number of carbonyl (C=O) groups excluding carboxylic acids is 1. The summed E-state index contributed by atoms with van der Waals surface area (Å²) >= 11 is 0. The molecule has 0 fully saturated rings. The highest BCUT2D eigenvalue weighted by atomic mass is 32.2. The minimum absolute atomic E-state index is 0.0862. The minimum Gasteiger partial charge on any atom is -0.407 e. The van der Waals surface area contributed by atoms with Crippen molar-refractivity contribution in [2.45, 2.75) is 25.2 Å². The Morgan fingerprint density at radius 1 is 1.03 bits per heavy atom. The van der Waals surface area contributed by atoms with E-state index < -0.39 is 15.9 Å². The van der Waals surface area contributed by atoms with Gasteiger partial charge in [-0.2, -0.15) is 4.31 Å². The van der Waals surface area contributed by atoms with E-state index in [9.17, 15) is 17.6 Å². The lowest BCUT2D eigenvalue weighted by molar-refractivity contribution is 0.102. The summed E-state index contributed by atoms with van der Waals surface area (Å²) in [5.41, 5.74) is 1.02. The van der Waals surface area contributed by atoms with Crippen LogP contribution in [-0.2, 0) is 16.4 Å². The fourth-order valence-electron chi connectivity index (χ4n) is 2.81. The van der Waals surface area contributed by atoms with Gasteiger partial charge < -0.3 is 4.42 Å². The highest BCUT2D eigenvalue weighted by molar-refractivity contribution is 7.89. The van der Waals surface area contributed by atoms with Gasteiger partial charge >= 0.3 is 6.01 Å². The van der Waals surface area contributed by atoms with Crippen molar-refractivity contribution < 1.29 is 22.0 Å². The fraction of sp³-hybridized carbons (Fsp3) is 0.250. The first-order chi connectivity index (χ1) is 14.3. The molecule has 10 heteroatoms. The van der Waals surface area contributed by atoms with Crippen LogP contribution in [0.2, 0.25) is 0 Å². The molecule has 0 bridgehead atoms. The van der Waals surface area contributed by atoms with Crippen molar-refractivity contribution in [3.05, 3.63) is 71.4 Å². The molecule has 0 atom stereocenters. The monoisotopic (exact) mass is 432 g/mol. The molecular weight excluding hydrogens is 411 g/mol. The van der Waals surface area contributed by atoms with E-state index in [1.54, 1.807) is 26.0 Å². The molecule has 2 aromatic carbocycles. The standard InChI is InChI=1S/C20H21FN4O4S/c1-3-25(4-2)30(27,28)17-11-7-15(8-12-17)19(26)22-20-24-23-18(29-20)13-14-5-9-16(21)10-6-14/h5-12H,3-4,13H2,1-2H3,(H,22,24,26). The van der Waals surface area contributed by atoms with E-state index in [2.05, 4.69) is 15.5 Å². The molecule has 1 aromatic heterocycles. The van der Waals surface area contributed by atoms with Crippen LogP contribution in [0.4, 0.5) is 10.4 Å². The van der Waals surface area contributed by atoms with Gasteiger partial charge in [-0.15, -0.1) is 5.10 Å². The van der Waals surface area contributed by atoms with Crippen LogP contribution < -0.4 is 5.32 Å². The highest BCUT2D eigenvalue weighted by Crippen LogP contribution is 2.17. The molecule has 0 radical (unpaired) electrons. The van der Waals surface area contributed by atoms with Crippen LogP contribution >= 0.6 is 0 Å². The van der Waals surface area contributed by atoms with Gasteiger partial charge in [-0.05, 0) is 42.0 Å². The summed E-state index contributed by atoms with van der Waals surface area (Å²) in [5.74, 6) is -0.593. The Balaban J connectivity index is 1.66. The SMILES string of the molecule is CCN(CC)S(=O)(=O)c1ccc(C(=O)Nc2nnc(Cc3ccc(F)cc3)o2)cc1. The van der Waals surface area contributed by atoms with Crippen LogP contribution in [-0.4, -0.2) is 41.9 Å². The average Bonchev–Trinajstić information content (AvgIpc) is 3.17. The molecule has 1 amide bonds. The van der Waals surface area contributed by atoms with E-state index >= 15 is 0 Å². The summed E-state index contributed by atoms with van der Waals surface area (Å²) in [6, 6.07) is 11.4. The summed E-state index contributed by atoms with van der Waals surface area (Å²) in [4.78, 5) is 12.5. The third kappa shape index (κ3) is 4.89. The lowest BCUT2D eigenvalue weighted by Gasteiger charge is -2.18. The Kier molecular flexibility index (Phi) is 6.58. The van der Waals surface area contributed by atoms with Gasteiger partial charge in [0.05, 0.1) is 11.3 Å². The Hall–Kier alpha value is -3.11. The number of anilines is 1. The minimum atomic E-state index is -3.59. The third-order valence-corrected chi connectivity index (χ3v) is 6.48. The predicted octanol–water partition coefficient (Wildman–Crippen LogP) is 3.08. The molecule has 0 aliphatic carbocycles. The highest BCUT2D eigenvalue weighted by Gasteiger charge is 2.22. The van der Waals surface area contributed by atoms with Crippen LogP contribution in [0, 0.1) is 5.82 Å². The van der Waals surface area contributed by atoms with Gasteiger partial charge in [-0.25, -0.2) is 12.8 Å². The second-order valence-corrected chi connectivity index (χ2v) is 8.31. The summed E-state index contributed by atoms with van der Waals surface area (Å²) in [6.07, 6.45) is 0.293. The Bertz CT molecular complexity index is 1110. The predicted molar refractivity (Wildman–Crippen MR) is 108 cm³/mol. The molecule has 0 unspecified atom stereocenters. The van der Waals surface area contributed by atoms with E-state index in [-0.39, 0.29) is 28.2 Å². The zero-order valence-corrected chi connectivity index (χ0v) is 17.3. The number of halogens is 1. The van der Waals surface area contributed by atoms with Crippen LogP contribution in [0.25, 0.3) is 0 Å². The van der Waals surface area contributed by atoms with Crippen molar-refractivity contribution in [3.63, 3.8) is 0 Å². The Labute approximate surface area is 173 Å². The molecule has 0 spiro atoms. The maximum Gasteiger partial charge on any atom is 0.322 e. The summed E-state index contributed by atoms with van der Waals surface area (Å²) in [5, 5.41) is 10.1. The fourth-order valence-corrected chi connectivity index (χ4v) is 4.27. The molecule has 0 aliphatic rings. The van der Waals surface area contributed by atoms with Crippen molar-refractivity contribution in [1.82, 2.24) is 14.5 Å². The van der Waals surface area contributed by atoms with E-state index in [1.807, 2.05) is 0 Å². The molecule has 0 saturated carbocycles. The summed E-state index contributed by atoms with van der Waals surface area (Å²) in [6.45, 7) is 4.24. The number of rotatable bonds is 8. The quantitative estimate of drug-likeness (QED) is 0.586. The number of aromatic nitrogens is 2. The largest absolute Gasteiger partial charge is 0.407 e. The topological polar surface area (TPSA) is 105 Å². The molecule has 3 aromatic rings. The number of nitrogens with one attached hydrogen (secondary N) is 1. The zero-order valence-electron chi connectivity index (χ0n) is 16.5. The molecule has 1 heterocycles.